The number of hydrogen-bond donors (Lipinski definition) is 1. The molecule has 6 heteroatoms. The van der Waals surface area contributed by atoms with Crippen molar-refractivity contribution < 1.29 is 23.0 Å². The largest absolute Gasteiger partial charge is 0.496 e. The smallest absolute Gasteiger partial charge is 0.421 e. The molecule has 0 spiro atoms. The van der Waals surface area contributed by atoms with Crippen molar-refractivity contribution in [2.75, 3.05) is 14.2 Å². The summed E-state index contributed by atoms with van der Waals surface area (Å²) in [5, 5.41) is 10.6. The molecule has 0 saturated heterocycles. The van der Waals surface area contributed by atoms with Crippen LogP contribution in [0.15, 0.2) is 24.1 Å². The van der Waals surface area contributed by atoms with Gasteiger partial charge in [-0.1, -0.05) is 19.8 Å². The molecule has 0 amide bonds. The van der Waals surface area contributed by atoms with Gasteiger partial charge in [0.2, 0.25) is 0 Å². The molecule has 3 nitrogen and oxygen atoms in total. The van der Waals surface area contributed by atoms with Crippen LogP contribution in [0.5, 0.6) is 5.75 Å². The Morgan fingerprint density at radius 3 is 2.52 bits per heavy atom. The van der Waals surface area contributed by atoms with Gasteiger partial charge in [0, 0.05) is 24.9 Å². The lowest BCUT2D eigenvalue weighted by Crippen LogP contribution is -2.42. The van der Waals surface area contributed by atoms with Gasteiger partial charge in [-0.05, 0) is 55.5 Å². The Morgan fingerprint density at radius 1 is 1.33 bits per heavy atom. The lowest BCUT2D eigenvalue weighted by atomic mass is 9.85. The van der Waals surface area contributed by atoms with Crippen LogP contribution in [0.25, 0.3) is 6.08 Å². The highest BCUT2D eigenvalue weighted by Crippen LogP contribution is 2.46. The van der Waals surface area contributed by atoms with Gasteiger partial charge in [0.05, 0.1) is 7.11 Å². The SMILES string of the molecule is CCCCC(O)(c1cc(C)c(C=C=CN(C)C2CC2)cc1OC)C(F)(F)F. The number of ether oxygens (including phenoxy) is 1. The molecule has 0 aromatic heterocycles. The average molecular weight is 383 g/mol. The number of alkyl halides is 3. The molecule has 0 heterocycles. The van der Waals surface area contributed by atoms with Crippen LogP contribution in [0.4, 0.5) is 13.2 Å². The molecule has 2 rings (SSSR count). The second-order valence-corrected chi connectivity index (χ2v) is 7.21. The Kier molecular flexibility index (Phi) is 6.66. The van der Waals surface area contributed by atoms with Crippen molar-refractivity contribution in [2.24, 2.45) is 0 Å². The van der Waals surface area contributed by atoms with E-state index in [1.807, 2.05) is 13.2 Å². The fourth-order valence-corrected chi connectivity index (χ4v) is 3.04. The number of aryl methyl sites for hydroxylation is 1. The van der Waals surface area contributed by atoms with Crippen LogP contribution in [0.1, 0.15) is 55.7 Å². The molecule has 1 fully saturated rings. The van der Waals surface area contributed by atoms with Crippen LogP contribution in [-0.4, -0.2) is 36.4 Å². The molecule has 0 radical (unpaired) electrons. The molecular weight excluding hydrogens is 355 g/mol. The molecule has 150 valence electrons. The third-order valence-corrected chi connectivity index (χ3v) is 5.03. The second kappa shape index (κ2) is 8.41. The summed E-state index contributed by atoms with van der Waals surface area (Å²) in [6.45, 7) is 3.51. The van der Waals surface area contributed by atoms with Gasteiger partial charge in [0.15, 0.2) is 5.60 Å². The van der Waals surface area contributed by atoms with Crippen molar-refractivity contribution in [3.8, 4) is 5.75 Å². The lowest BCUT2D eigenvalue weighted by molar-refractivity contribution is -0.270. The van der Waals surface area contributed by atoms with E-state index in [0.29, 0.717) is 23.6 Å². The Balaban J connectivity index is 2.43. The molecule has 1 atom stereocenters. The number of aliphatic hydroxyl groups is 1. The van der Waals surface area contributed by atoms with Gasteiger partial charge < -0.3 is 14.7 Å². The van der Waals surface area contributed by atoms with E-state index in [0.717, 1.165) is 0 Å². The summed E-state index contributed by atoms with van der Waals surface area (Å²) in [6, 6.07) is 3.47. The monoisotopic (exact) mass is 383 g/mol. The minimum atomic E-state index is -4.79. The van der Waals surface area contributed by atoms with E-state index >= 15 is 0 Å². The first-order valence-electron chi connectivity index (χ1n) is 9.26. The summed E-state index contributed by atoms with van der Waals surface area (Å²) in [6.07, 6.45) is 1.53. The maximum Gasteiger partial charge on any atom is 0.421 e. The minimum absolute atomic E-state index is 0.0279. The summed E-state index contributed by atoms with van der Waals surface area (Å²) < 4.78 is 46.3. The number of halogens is 3. The van der Waals surface area contributed by atoms with Crippen molar-refractivity contribution in [2.45, 2.75) is 63.8 Å². The Hall–Kier alpha value is -1.91. The summed E-state index contributed by atoms with van der Waals surface area (Å²) in [4.78, 5) is 2.07. The number of rotatable bonds is 8. The lowest BCUT2D eigenvalue weighted by Gasteiger charge is -2.32. The predicted octanol–water partition coefficient (Wildman–Crippen LogP) is 5.16. The Bertz CT molecular complexity index is 719. The molecule has 0 bridgehead atoms. The van der Waals surface area contributed by atoms with Gasteiger partial charge in [-0.2, -0.15) is 13.2 Å². The molecule has 1 aromatic rings. The number of benzene rings is 1. The minimum Gasteiger partial charge on any atom is -0.496 e. The van der Waals surface area contributed by atoms with E-state index in [1.54, 1.807) is 19.9 Å². The molecule has 1 unspecified atom stereocenters. The van der Waals surface area contributed by atoms with Gasteiger partial charge >= 0.3 is 6.18 Å². The Morgan fingerprint density at radius 2 is 2.00 bits per heavy atom. The zero-order valence-electron chi connectivity index (χ0n) is 16.4. The van der Waals surface area contributed by atoms with Gasteiger partial charge in [-0.15, -0.1) is 5.73 Å². The van der Waals surface area contributed by atoms with Gasteiger partial charge in [0.1, 0.15) is 5.75 Å². The van der Waals surface area contributed by atoms with Crippen molar-refractivity contribution in [3.63, 3.8) is 0 Å². The summed E-state index contributed by atoms with van der Waals surface area (Å²) in [5.41, 5.74) is 1.24. The first-order chi connectivity index (χ1) is 12.6. The maximum absolute atomic E-state index is 13.7. The van der Waals surface area contributed by atoms with E-state index in [1.165, 1.54) is 32.1 Å². The first kappa shape index (κ1) is 21.4. The molecule has 27 heavy (non-hydrogen) atoms. The van der Waals surface area contributed by atoms with Gasteiger partial charge in [0.25, 0.3) is 0 Å². The highest BCUT2D eigenvalue weighted by Gasteiger charge is 2.55. The number of methoxy groups -OCH3 is 1. The topological polar surface area (TPSA) is 32.7 Å². The fraction of sp³-hybridized carbons (Fsp3) is 0.571. The third-order valence-electron chi connectivity index (χ3n) is 5.03. The van der Waals surface area contributed by atoms with E-state index in [-0.39, 0.29) is 17.7 Å². The highest BCUT2D eigenvalue weighted by atomic mass is 19.4. The quantitative estimate of drug-likeness (QED) is 0.629. The first-order valence-corrected chi connectivity index (χ1v) is 9.26. The average Bonchev–Trinajstić information content (AvgIpc) is 3.44. The molecule has 0 aliphatic heterocycles. The van der Waals surface area contributed by atoms with E-state index in [9.17, 15) is 18.3 Å². The maximum atomic E-state index is 13.7. The summed E-state index contributed by atoms with van der Waals surface area (Å²) >= 11 is 0. The third kappa shape index (κ3) is 4.88. The van der Waals surface area contributed by atoms with Crippen LogP contribution in [0, 0.1) is 6.92 Å². The van der Waals surface area contributed by atoms with E-state index in [4.69, 9.17) is 4.74 Å². The van der Waals surface area contributed by atoms with E-state index in [2.05, 4.69) is 10.6 Å². The van der Waals surface area contributed by atoms with Crippen molar-refractivity contribution in [1.82, 2.24) is 4.90 Å². The molecule has 1 aliphatic rings. The fourth-order valence-electron chi connectivity index (χ4n) is 3.04. The van der Waals surface area contributed by atoms with Crippen molar-refractivity contribution in [3.05, 3.63) is 40.8 Å². The van der Waals surface area contributed by atoms with Gasteiger partial charge in [-0.25, -0.2) is 0 Å². The number of hydrogen-bond acceptors (Lipinski definition) is 3. The van der Waals surface area contributed by atoms with Crippen LogP contribution < -0.4 is 4.74 Å². The summed E-state index contributed by atoms with van der Waals surface area (Å²) in [5.74, 6) is 0.0279. The number of nitrogens with zero attached hydrogens (tertiary/aromatic N) is 1. The predicted molar refractivity (Wildman–Crippen MR) is 101 cm³/mol. The molecule has 1 saturated carbocycles. The van der Waals surface area contributed by atoms with Crippen LogP contribution in [0.3, 0.4) is 0 Å². The Labute approximate surface area is 159 Å². The standard InChI is InChI=1S/C21H28F3NO2/c1-5-6-11-20(26,21(22,23)24)18-13-15(2)16(14-19(18)27-4)8-7-12-25(3)17-9-10-17/h8,12-14,17,26H,5-6,9-11H2,1-4H3. The van der Waals surface area contributed by atoms with Crippen LogP contribution >= 0.6 is 0 Å². The summed E-state index contributed by atoms with van der Waals surface area (Å²) in [7, 11) is 3.29. The van der Waals surface area contributed by atoms with Crippen molar-refractivity contribution >= 4 is 6.08 Å². The zero-order chi connectivity index (χ0) is 20.2. The molecule has 1 aromatic carbocycles. The van der Waals surface area contributed by atoms with Crippen LogP contribution in [-0.2, 0) is 5.60 Å². The normalized spacial score (nSPS) is 16.3. The van der Waals surface area contributed by atoms with E-state index < -0.39 is 18.2 Å². The molecule has 1 aliphatic carbocycles. The molecular formula is C21H28F3NO2. The molecule has 1 N–H and O–H groups in total. The number of unbranched alkanes of at least 4 members (excludes halogenated alkanes) is 1. The van der Waals surface area contributed by atoms with Gasteiger partial charge in [-0.3, -0.25) is 0 Å². The highest BCUT2D eigenvalue weighted by molar-refractivity contribution is 5.59. The second-order valence-electron chi connectivity index (χ2n) is 7.21. The van der Waals surface area contributed by atoms with Crippen molar-refractivity contribution in [1.29, 1.82) is 0 Å². The van der Waals surface area contributed by atoms with Crippen LogP contribution in [0.2, 0.25) is 0 Å². The zero-order valence-corrected chi connectivity index (χ0v) is 16.4.